The highest BCUT2D eigenvalue weighted by Crippen LogP contribution is 2.66. The van der Waals surface area contributed by atoms with Crippen LogP contribution in [0.25, 0.3) is 0 Å². The fourth-order valence-corrected chi connectivity index (χ4v) is 7.56. The lowest BCUT2D eigenvalue weighted by atomic mass is 9.46. The maximum absolute atomic E-state index is 12.4. The molecule has 4 aliphatic carbocycles. The van der Waals surface area contributed by atoms with Crippen LogP contribution in [0.1, 0.15) is 72.6 Å². The lowest BCUT2D eigenvalue weighted by molar-refractivity contribution is -0.174. The van der Waals surface area contributed by atoms with Gasteiger partial charge in [0.1, 0.15) is 17.7 Å². The van der Waals surface area contributed by atoms with Gasteiger partial charge in [-0.1, -0.05) is 25.5 Å². The quantitative estimate of drug-likeness (QED) is 0.537. The van der Waals surface area contributed by atoms with Gasteiger partial charge in [-0.25, -0.2) is 0 Å². The average molecular weight is 373 g/mol. The third kappa shape index (κ3) is 2.74. The summed E-state index contributed by atoms with van der Waals surface area (Å²) in [6, 6.07) is 0. The Morgan fingerprint density at radius 3 is 2.59 bits per heavy atom. The molecule has 7 atom stereocenters. The first kappa shape index (κ1) is 18.9. The first-order valence-corrected chi connectivity index (χ1v) is 10.6. The molecule has 0 aromatic heterocycles. The molecule has 0 aromatic carbocycles. The number of rotatable bonds is 2. The van der Waals surface area contributed by atoms with Crippen molar-refractivity contribution in [2.24, 2.45) is 34.5 Å². The Kier molecular flexibility index (Phi) is 4.40. The van der Waals surface area contributed by atoms with Crippen LogP contribution in [-0.2, 0) is 19.1 Å². The Balaban J connectivity index is 1.77. The highest BCUT2D eigenvalue weighted by molar-refractivity contribution is 5.83. The summed E-state index contributed by atoms with van der Waals surface area (Å²) in [5.74, 6) is 1.64. The van der Waals surface area contributed by atoms with Crippen molar-refractivity contribution in [2.75, 3.05) is 0 Å². The number of allylic oxidation sites excluding steroid dienone is 2. The Bertz CT molecular complexity index is 722. The molecule has 3 saturated carbocycles. The van der Waals surface area contributed by atoms with Crippen molar-refractivity contribution in [3.63, 3.8) is 0 Å². The molecule has 3 fully saturated rings. The molecule has 0 radical (unpaired) electrons. The molecule has 0 aromatic rings. The van der Waals surface area contributed by atoms with Crippen molar-refractivity contribution in [2.45, 2.75) is 78.7 Å². The van der Waals surface area contributed by atoms with Crippen LogP contribution in [-0.4, -0.2) is 23.6 Å². The fraction of sp³-hybridized carbons (Fsp3) is 0.783. The number of esters is 1. The van der Waals surface area contributed by atoms with Crippen molar-refractivity contribution in [1.82, 2.24) is 0 Å². The van der Waals surface area contributed by atoms with Gasteiger partial charge in [0.05, 0.1) is 0 Å². The van der Waals surface area contributed by atoms with Gasteiger partial charge < -0.3 is 4.74 Å². The molecule has 4 aliphatic rings. The third-order valence-corrected chi connectivity index (χ3v) is 8.65. The first-order valence-electron chi connectivity index (χ1n) is 10.6. The second kappa shape index (κ2) is 6.28. The van der Waals surface area contributed by atoms with E-state index in [0.717, 1.165) is 32.1 Å². The monoisotopic (exact) mass is 372 g/mol. The van der Waals surface area contributed by atoms with Gasteiger partial charge in [0.15, 0.2) is 0 Å². The maximum Gasteiger partial charge on any atom is 0.302 e. The van der Waals surface area contributed by atoms with E-state index in [1.807, 2.05) is 0 Å². The summed E-state index contributed by atoms with van der Waals surface area (Å²) in [5.41, 5.74) is 1.12. The molecule has 27 heavy (non-hydrogen) atoms. The van der Waals surface area contributed by atoms with E-state index in [9.17, 15) is 14.4 Å². The van der Waals surface area contributed by atoms with Gasteiger partial charge in [0, 0.05) is 31.6 Å². The van der Waals surface area contributed by atoms with Crippen molar-refractivity contribution >= 4 is 17.5 Å². The molecule has 4 heteroatoms. The van der Waals surface area contributed by atoms with E-state index in [4.69, 9.17) is 4.74 Å². The van der Waals surface area contributed by atoms with Crippen LogP contribution in [0, 0.1) is 34.5 Å². The van der Waals surface area contributed by atoms with Gasteiger partial charge in [-0.2, -0.15) is 0 Å². The molecule has 4 rings (SSSR count). The minimum absolute atomic E-state index is 0.0629. The normalized spacial score (nSPS) is 46.0. The van der Waals surface area contributed by atoms with Crippen molar-refractivity contribution in [1.29, 1.82) is 0 Å². The van der Waals surface area contributed by atoms with Gasteiger partial charge in [-0.15, -0.1) is 0 Å². The van der Waals surface area contributed by atoms with Gasteiger partial charge >= 0.3 is 5.97 Å². The zero-order chi connectivity index (χ0) is 19.6. The molecule has 0 aliphatic heterocycles. The zero-order valence-corrected chi connectivity index (χ0v) is 17.0. The molecule has 0 saturated heterocycles. The Hall–Kier alpha value is -1.45. The smallest absolute Gasteiger partial charge is 0.302 e. The van der Waals surface area contributed by atoms with E-state index in [1.165, 1.54) is 12.5 Å². The van der Waals surface area contributed by atoms with Crippen molar-refractivity contribution < 1.29 is 19.1 Å². The van der Waals surface area contributed by atoms with Crippen molar-refractivity contribution in [3.8, 4) is 0 Å². The predicted octanol–water partition coefficient (Wildman–Crippen LogP) is 4.27. The van der Waals surface area contributed by atoms with E-state index in [2.05, 4.69) is 19.9 Å². The Morgan fingerprint density at radius 2 is 1.93 bits per heavy atom. The summed E-state index contributed by atoms with van der Waals surface area (Å²) in [6.45, 7) is 7.76. The summed E-state index contributed by atoms with van der Waals surface area (Å²) in [6.07, 6.45) is 7.98. The van der Waals surface area contributed by atoms with Crippen LogP contribution in [0.3, 0.4) is 0 Å². The number of ether oxygens (including phenoxy) is 1. The van der Waals surface area contributed by atoms with Crippen LogP contribution in [0.15, 0.2) is 11.6 Å². The molecule has 0 unspecified atom stereocenters. The molecule has 4 nitrogen and oxygen atoms in total. The summed E-state index contributed by atoms with van der Waals surface area (Å²) < 4.78 is 5.94. The molecule has 0 spiro atoms. The second-order valence-electron chi connectivity index (χ2n) is 9.99. The topological polar surface area (TPSA) is 60.4 Å². The maximum atomic E-state index is 12.4. The lowest BCUT2D eigenvalue weighted by Crippen LogP contribution is -2.57. The second-order valence-corrected chi connectivity index (χ2v) is 9.99. The molecule has 0 bridgehead atoms. The zero-order valence-electron chi connectivity index (χ0n) is 17.0. The Labute approximate surface area is 162 Å². The minimum Gasteiger partial charge on any atom is -0.462 e. The summed E-state index contributed by atoms with van der Waals surface area (Å²) in [5, 5.41) is 0. The van der Waals surface area contributed by atoms with Crippen LogP contribution in [0.2, 0.25) is 0 Å². The van der Waals surface area contributed by atoms with Crippen LogP contribution in [0.4, 0.5) is 0 Å². The van der Waals surface area contributed by atoms with Gasteiger partial charge in [-0.05, 0) is 61.7 Å². The molecule has 0 N–H and O–H groups in total. The average Bonchev–Trinajstić information content (AvgIpc) is 2.91. The number of carbonyl (C=O) groups is 3. The molecule has 0 amide bonds. The highest BCUT2D eigenvalue weighted by Gasteiger charge is 2.63. The van der Waals surface area contributed by atoms with Crippen LogP contribution >= 0.6 is 0 Å². The van der Waals surface area contributed by atoms with E-state index in [0.29, 0.717) is 30.5 Å². The number of ketones is 2. The number of hydrogen-bond acceptors (Lipinski definition) is 4. The van der Waals surface area contributed by atoms with Gasteiger partial charge in [0.2, 0.25) is 0 Å². The number of hydrogen-bond donors (Lipinski definition) is 0. The molecular weight excluding hydrogens is 340 g/mol. The van der Waals surface area contributed by atoms with Gasteiger partial charge in [-0.3, -0.25) is 14.4 Å². The van der Waals surface area contributed by atoms with E-state index >= 15 is 0 Å². The van der Waals surface area contributed by atoms with E-state index in [1.54, 1.807) is 6.92 Å². The number of carbonyl (C=O) groups excluding carboxylic acids is 3. The van der Waals surface area contributed by atoms with Crippen LogP contribution < -0.4 is 0 Å². The van der Waals surface area contributed by atoms with Crippen molar-refractivity contribution in [3.05, 3.63) is 11.6 Å². The summed E-state index contributed by atoms with van der Waals surface area (Å²) >= 11 is 0. The number of fused-ring (bicyclic) bond motifs is 5. The molecule has 148 valence electrons. The Morgan fingerprint density at radius 1 is 1.19 bits per heavy atom. The highest BCUT2D eigenvalue weighted by atomic mass is 16.5. The summed E-state index contributed by atoms with van der Waals surface area (Å²) in [4.78, 5) is 36.4. The third-order valence-electron chi connectivity index (χ3n) is 8.65. The molecule has 0 heterocycles. The fourth-order valence-electron chi connectivity index (χ4n) is 7.56. The lowest BCUT2D eigenvalue weighted by Gasteiger charge is -2.59. The standard InChI is InChI=1S/C23H32O4/c1-13(24)18-7-8-19-17-6-5-15-11-16(26)9-10-22(15,3)21(17)20(27-14(2)25)12-23(18,19)4/h5,17-21H,6-12H2,1-4H3/t17-,18+,19-,20+,21+,22-,23+/m0/s1. The molecular formula is C23H32O4. The SMILES string of the molecule is CC(=O)O[C@@H]1C[C@]2(C)[C@@H](C(C)=O)CC[C@H]2[C@@H]2CC=C3CC(=O)CC[C@]3(C)[C@H]21. The first-order chi connectivity index (χ1) is 12.7. The number of Topliss-reactive ketones (excluding diaryl/α,β-unsaturated/α-hetero) is 2. The largest absolute Gasteiger partial charge is 0.462 e. The van der Waals surface area contributed by atoms with Crippen LogP contribution in [0.5, 0.6) is 0 Å². The summed E-state index contributed by atoms with van der Waals surface area (Å²) in [7, 11) is 0. The predicted molar refractivity (Wildman–Crippen MR) is 102 cm³/mol. The van der Waals surface area contributed by atoms with Gasteiger partial charge in [0.25, 0.3) is 0 Å². The van der Waals surface area contributed by atoms with E-state index < -0.39 is 0 Å². The minimum atomic E-state index is -0.232. The van der Waals surface area contributed by atoms with E-state index in [-0.39, 0.29) is 40.5 Å².